The molecule has 5 heteroatoms. The maximum absolute atomic E-state index is 12.7. The van der Waals surface area contributed by atoms with Crippen LogP contribution < -0.4 is 10.5 Å². The SMILES string of the molecule is Cc1cc(OC(C)C(=O)N2CCCCC2C(C)N)ccc1Cl. The molecule has 0 bridgehead atoms. The van der Waals surface area contributed by atoms with E-state index >= 15 is 0 Å². The van der Waals surface area contributed by atoms with E-state index in [0.717, 1.165) is 31.4 Å². The van der Waals surface area contributed by atoms with E-state index in [9.17, 15) is 4.79 Å². The quantitative estimate of drug-likeness (QED) is 0.925. The summed E-state index contributed by atoms with van der Waals surface area (Å²) in [7, 11) is 0. The van der Waals surface area contributed by atoms with E-state index in [2.05, 4.69) is 0 Å². The monoisotopic (exact) mass is 324 g/mol. The standard InChI is InChI=1S/C17H25ClN2O2/c1-11-10-14(7-8-15(11)18)22-13(3)17(21)20-9-5-4-6-16(20)12(2)19/h7-8,10,12-13,16H,4-6,9,19H2,1-3H3. The third-order valence-corrected chi connectivity index (χ3v) is 4.65. The van der Waals surface area contributed by atoms with Crippen LogP contribution in [0.3, 0.4) is 0 Å². The Labute approximate surface area is 137 Å². The van der Waals surface area contributed by atoms with Crippen molar-refractivity contribution in [3.05, 3.63) is 28.8 Å². The number of rotatable bonds is 4. The van der Waals surface area contributed by atoms with Gasteiger partial charge >= 0.3 is 0 Å². The van der Waals surface area contributed by atoms with Crippen LogP contribution in [-0.2, 0) is 4.79 Å². The zero-order valence-electron chi connectivity index (χ0n) is 13.5. The summed E-state index contributed by atoms with van der Waals surface area (Å²) in [6.07, 6.45) is 2.60. The summed E-state index contributed by atoms with van der Waals surface area (Å²) in [5, 5.41) is 0.694. The largest absolute Gasteiger partial charge is 0.481 e. The van der Waals surface area contributed by atoms with E-state index < -0.39 is 6.10 Å². The average Bonchev–Trinajstić information content (AvgIpc) is 2.50. The number of carbonyl (C=O) groups is 1. The van der Waals surface area contributed by atoms with Crippen molar-refractivity contribution in [2.45, 2.75) is 58.2 Å². The number of hydrogen-bond acceptors (Lipinski definition) is 3. The molecule has 4 nitrogen and oxygen atoms in total. The Balaban J connectivity index is 2.05. The number of ether oxygens (including phenoxy) is 1. The molecule has 2 rings (SSSR count). The Kier molecular flexibility index (Phi) is 5.70. The van der Waals surface area contributed by atoms with Crippen LogP contribution in [0.15, 0.2) is 18.2 Å². The fraction of sp³-hybridized carbons (Fsp3) is 0.588. The number of aryl methyl sites for hydroxylation is 1. The van der Waals surface area contributed by atoms with Gasteiger partial charge in [-0.05, 0) is 63.8 Å². The Hall–Kier alpha value is -1.26. The molecular formula is C17H25ClN2O2. The maximum Gasteiger partial charge on any atom is 0.263 e. The van der Waals surface area contributed by atoms with Gasteiger partial charge in [-0.25, -0.2) is 0 Å². The molecular weight excluding hydrogens is 300 g/mol. The van der Waals surface area contributed by atoms with E-state index in [-0.39, 0.29) is 18.0 Å². The molecule has 0 radical (unpaired) electrons. The Morgan fingerprint density at radius 3 is 2.77 bits per heavy atom. The van der Waals surface area contributed by atoms with Crippen molar-refractivity contribution in [2.75, 3.05) is 6.54 Å². The number of benzene rings is 1. The molecule has 1 aliphatic heterocycles. The van der Waals surface area contributed by atoms with Gasteiger partial charge in [-0.3, -0.25) is 4.79 Å². The van der Waals surface area contributed by atoms with Gasteiger partial charge in [0.25, 0.3) is 5.91 Å². The molecule has 3 atom stereocenters. The number of nitrogens with zero attached hydrogens (tertiary/aromatic N) is 1. The predicted molar refractivity (Wildman–Crippen MR) is 89.3 cm³/mol. The lowest BCUT2D eigenvalue weighted by Gasteiger charge is -2.39. The lowest BCUT2D eigenvalue weighted by molar-refractivity contribution is -0.142. The van der Waals surface area contributed by atoms with Gasteiger partial charge in [-0.2, -0.15) is 0 Å². The molecule has 1 aromatic rings. The van der Waals surface area contributed by atoms with Gasteiger partial charge < -0.3 is 15.4 Å². The van der Waals surface area contributed by atoms with Crippen LogP contribution in [0.5, 0.6) is 5.75 Å². The van der Waals surface area contributed by atoms with Crippen LogP contribution in [-0.4, -0.2) is 35.5 Å². The third kappa shape index (κ3) is 3.93. The van der Waals surface area contributed by atoms with Crippen molar-refractivity contribution in [2.24, 2.45) is 5.73 Å². The molecule has 1 amide bonds. The number of hydrogen-bond donors (Lipinski definition) is 1. The second-order valence-corrected chi connectivity index (χ2v) is 6.53. The molecule has 1 saturated heterocycles. The molecule has 122 valence electrons. The zero-order chi connectivity index (χ0) is 16.3. The first-order valence-electron chi connectivity index (χ1n) is 7.89. The third-order valence-electron chi connectivity index (χ3n) is 4.23. The van der Waals surface area contributed by atoms with E-state index in [4.69, 9.17) is 22.1 Å². The molecule has 1 aliphatic rings. The first-order chi connectivity index (χ1) is 10.4. The van der Waals surface area contributed by atoms with E-state index in [1.807, 2.05) is 24.8 Å². The fourth-order valence-electron chi connectivity index (χ4n) is 2.96. The van der Waals surface area contributed by atoms with Gasteiger partial charge in [0, 0.05) is 23.7 Å². The maximum atomic E-state index is 12.7. The number of halogens is 1. The van der Waals surface area contributed by atoms with Crippen molar-refractivity contribution >= 4 is 17.5 Å². The summed E-state index contributed by atoms with van der Waals surface area (Å²) in [5.41, 5.74) is 6.97. The summed E-state index contributed by atoms with van der Waals surface area (Å²) in [5.74, 6) is 0.673. The number of carbonyl (C=O) groups excluding carboxylic acids is 1. The number of likely N-dealkylation sites (tertiary alicyclic amines) is 1. The van der Waals surface area contributed by atoms with Crippen LogP contribution in [0, 0.1) is 6.92 Å². The highest BCUT2D eigenvalue weighted by atomic mass is 35.5. The van der Waals surface area contributed by atoms with Crippen LogP contribution >= 0.6 is 11.6 Å². The Morgan fingerprint density at radius 2 is 2.14 bits per heavy atom. The second kappa shape index (κ2) is 7.34. The highest BCUT2D eigenvalue weighted by molar-refractivity contribution is 6.31. The van der Waals surface area contributed by atoms with Crippen molar-refractivity contribution in [1.29, 1.82) is 0 Å². The molecule has 3 unspecified atom stereocenters. The number of piperidine rings is 1. The molecule has 1 heterocycles. The molecule has 0 aliphatic carbocycles. The van der Waals surface area contributed by atoms with Crippen molar-refractivity contribution in [3.8, 4) is 5.75 Å². The van der Waals surface area contributed by atoms with Gasteiger partial charge in [0.15, 0.2) is 6.10 Å². The van der Waals surface area contributed by atoms with E-state index in [1.54, 1.807) is 19.1 Å². The molecule has 0 aromatic heterocycles. The second-order valence-electron chi connectivity index (χ2n) is 6.12. The first kappa shape index (κ1) is 17.1. The van der Waals surface area contributed by atoms with Gasteiger partial charge in [-0.1, -0.05) is 11.6 Å². The normalized spacial score (nSPS) is 21.3. The molecule has 1 aromatic carbocycles. The van der Waals surface area contributed by atoms with Gasteiger partial charge in [-0.15, -0.1) is 0 Å². The van der Waals surface area contributed by atoms with Crippen molar-refractivity contribution in [1.82, 2.24) is 4.90 Å². The summed E-state index contributed by atoms with van der Waals surface area (Å²) in [6, 6.07) is 5.52. The van der Waals surface area contributed by atoms with Crippen LogP contribution in [0.25, 0.3) is 0 Å². The number of amides is 1. The zero-order valence-corrected chi connectivity index (χ0v) is 14.3. The Bertz CT molecular complexity index is 533. The minimum atomic E-state index is -0.528. The molecule has 2 N–H and O–H groups in total. The molecule has 0 spiro atoms. The lowest BCUT2D eigenvalue weighted by atomic mass is 9.96. The molecule has 0 saturated carbocycles. The fourth-order valence-corrected chi connectivity index (χ4v) is 3.07. The van der Waals surface area contributed by atoms with Crippen LogP contribution in [0.2, 0.25) is 5.02 Å². The van der Waals surface area contributed by atoms with Crippen LogP contribution in [0.4, 0.5) is 0 Å². The van der Waals surface area contributed by atoms with Crippen molar-refractivity contribution in [3.63, 3.8) is 0 Å². The topological polar surface area (TPSA) is 55.6 Å². The highest BCUT2D eigenvalue weighted by Crippen LogP contribution is 2.24. The van der Waals surface area contributed by atoms with Gasteiger partial charge in [0.2, 0.25) is 0 Å². The average molecular weight is 325 g/mol. The summed E-state index contributed by atoms with van der Waals surface area (Å²) in [6.45, 7) is 6.43. The lowest BCUT2D eigenvalue weighted by Crippen LogP contribution is -2.54. The smallest absolute Gasteiger partial charge is 0.263 e. The van der Waals surface area contributed by atoms with Crippen molar-refractivity contribution < 1.29 is 9.53 Å². The number of nitrogens with two attached hydrogens (primary N) is 1. The summed E-state index contributed by atoms with van der Waals surface area (Å²) >= 11 is 6.01. The highest BCUT2D eigenvalue weighted by Gasteiger charge is 2.32. The van der Waals surface area contributed by atoms with Gasteiger partial charge in [0.1, 0.15) is 5.75 Å². The predicted octanol–water partition coefficient (Wildman–Crippen LogP) is 3.14. The van der Waals surface area contributed by atoms with Gasteiger partial charge in [0.05, 0.1) is 0 Å². The molecule has 1 fully saturated rings. The minimum absolute atomic E-state index is 0.00889. The molecule has 22 heavy (non-hydrogen) atoms. The Morgan fingerprint density at radius 1 is 1.41 bits per heavy atom. The summed E-state index contributed by atoms with van der Waals surface area (Å²) < 4.78 is 5.80. The van der Waals surface area contributed by atoms with E-state index in [0.29, 0.717) is 10.8 Å². The summed E-state index contributed by atoms with van der Waals surface area (Å²) in [4.78, 5) is 14.6. The van der Waals surface area contributed by atoms with Crippen LogP contribution in [0.1, 0.15) is 38.7 Å². The minimum Gasteiger partial charge on any atom is -0.481 e. The van der Waals surface area contributed by atoms with E-state index in [1.165, 1.54) is 0 Å². The first-order valence-corrected chi connectivity index (χ1v) is 8.27.